The summed E-state index contributed by atoms with van der Waals surface area (Å²) in [6.45, 7) is 3.78. The van der Waals surface area contributed by atoms with Crippen LogP contribution < -0.4 is 4.72 Å². The van der Waals surface area contributed by atoms with E-state index in [-0.39, 0.29) is 15.4 Å². The van der Waals surface area contributed by atoms with E-state index < -0.39 is 22.0 Å². The number of esters is 1. The lowest BCUT2D eigenvalue weighted by Crippen LogP contribution is -2.42. The van der Waals surface area contributed by atoms with Crippen LogP contribution in [0.5, 0.6) is 0 Å². The first kappa shape index (κ1) is 20.3. The Kier molecular flexibility index (Phi) is 7.41. The molecule has 0 fully saturated rings. The maximum absolute atomic E-state index is 12.6. The quantitative estimate of drug-likeness (QED) is 0.345. The van der Waals surface area contributed by atoms with Crippen molar-refractivity contribution in [3.8, 4) is 0 Å². The fourth-order valence-electron chi connectivity index (χ4n) is 2.20. The summed E-state index contributed by atoms with van der Waals surface area (Å²) < 4.78 is 32.8. The molecule has 0 radical (unpaired) electrons. The van der Waals surface area contributed by atoms with E-state index in [0.717, 1.165) is 10.4 Å². The van der Waals surface area contributed by atoms with E-state index >= 15 is 0 Å². The van der Waals surface area contributed by atoms with E-state index in [1.54, 1.807) is 30.4 Å². The van der Waals surface area contributed by atoms with Gasteiger partial charge in [0, 0.05) is 8.80 Å². The van der Waals surface area contributed by atoms with Gasteiger partial charge in [-0.3, -0.25) is 4.79 Å². The van der Waals surface area contributed by atoms with E-state index in [4.69, 9.17) is 4.74 Å². The van der Waals surface area contributed by atoms with Crippen molar-refractivity contribution in [2.75, 3.05) is 6.61 Å². The molecule has 0 spiro atoms. The highest BCUT2D eigenvalue weighted by atomic mass is 127. The van der Waals surface area contributed by atoms with Crippen molar-refractivity contribution in [1.29, 1.82) is 0 Å². The maximum Gasteiger partial charge on any atom is 0.324 e. The van der Waals surface area contributed by atoms with Crippen molar-refractivity contribution in [2.45, 2.75) is 35.1 Å². The predicted octanol–water partition coefficient (Wildman–Crippen LogP) is 3.83. The van der Waals surface area contributed by atoms with Crippen molar-refractivity contribution in [1.82, 2.24) is 4.72 Å². The van der Waals surface area contributed by atoms with Crippen LogP contribution in [0.25, 0.3) is 0 Å². The van der Waals surface area contributed by atoms with Crippen molar-refractivity contribution in [2.24, 2.45) is 0 Å². The molecule has 0 aliphatic heterocycles. The highest BCUT2D eigenvalue weighted by Crippen LogP contribution is 2.32. The average Bonchev–Trinajstić information content (AvgIpc) is 3.09. The Morgan fingerprint density at radius 1 is 1.28 bits per heavy atom. The molecule has 0 aliphatic rings. The number of benzene rings is 1. The number of hydrogen-bond donors (Lipinski definition) is 1. The van der Waals surface area contributed by atoms with Gasteiger partial charge in [0.2, 0.25) is 10.0 Å². The number of alkyl halides is 1. The molecule has 136 valence electrons. The van der Waals surface area contributed by atoms with E-state index in [1.807, 2.05) is 24.4 Å². The predicted molar refractivity (Wildman–Crippen MR) is 108 cm³/mol. The average molecular weight is 493 g/mol. The lowest BCUT2D eigenvalue weighted by Gasteiger charge is -2.19. The Morgan fingerprint density at radius 2 is 1.96 bits per heavy atom. The van der Waals surface area contributed by atoms with Crippen LogP contribution in [0.4, 0.5) is 0 Å². The zero-order valence-corrected chi connectivity index (χ0v) is 17.7. The standard InChI is InChI=1S/C17H20INO4S2/c1-3-23-17(20)15(11-14(18)16-5-4-10-24-16)19-25(21,22)13-8-6-12(2)7-9-13/h4-10,14-15,19H,3,11H2,1-2H3/t14-,15-/m0/s1. The molecular weight excluding hydrogens is 473 g/mol. The molecule has 1 aromatic heterocycles. The lowest BCUT2D eigenvalue weighted by atomic mass is 10.1. The molecule has 0 saturated carbocycles. The highest BCUT2D eigenvalue weighted by molar-refractivity contribution is 14.1. The Labute approximate surface area is 166 Å². The number of rotatable bonds is 8. The van der Waals surface area contributed by atoms with Crippen LogP contribution in [-0.4, -0.2) is 27.0 Å². The summed E-state index contributed by atoms with van der Waals surface area (Å²) in [4.78, 5) is 13.5. The van der Waals surface area contributed by atoms with E-state index in [1.165, 1.54) is 12.1 Å². The summed E-state index contributed by atoms with van der Waals surface area (Å²) in [5, 5.41) is 1.96. The number of nitrogens with one attached hydrogen (secondary N) is 1. The number of ether oxygens (including phenoxy) is 1. The van der Waals surface area contributed by atoms with Crippen LogP contribution in [0.1, 0.15) is 27.7 Å². The van der Waals surface area contributed by atoms with Gasteiger partial charge in [0.25, 0.3) is 0 Å². The topological polar surface area (TPSA) is 72.5 Å². The maximum atomic E-state index is 12.6. The minimum absolute atomic E-state index is 0.00715. The number of hydrogen-bond acceptors (Lipinski definition) is 5. The zero-order valence-electron chi connectivity index (χ0n) is 13.9. The Bertz CT molecular complexity index is 789. The molecule has 0 amide bonds. The molecule has 0 aliphatic carbocycles. The third-order valence-electron chi connectivity index (χ3n) is 3.49. The number of carbonyl (C=O) groups excluding carboxylic acids is 1. The second-order valence-electron chi connectivity index (χ2n) is 5.46. The largest absolute Gasteiger partial charge is 0.465 e. The van der Waals surface area contributed by atoms with Crippen LogP contribution in [0.15, 0.2) is 46.7 Å². The van der Waals surface area contributed by atoms with Crippen molar-refractivity contribution in [3.63, 3.8) is 0 Å². The normalized spacial score (nSPS) is 14.0. The van der Waals surface area contributed by atoms with Gasteiger partial charge >= 0.3 is 5.97 Å². The first-order valence-corrected chi connectivity index (χ1v) is 11.4. The van der Waals surface area contributed by atoms with E-state index in [0.29, 0.717) is 6.42 Å². The summed E-state index contributed by atoms with van der Waals surface area (Å²) in [6, 6.07) is 9.47. The zero-order chi connectivity index (χ0) is 18.4. The van der Waals surface area contributed by atoms with E-state index in [2.05, 4.69) is 27.3 Å². The molecule has 5 nitrogen and oxygen atoms in total. The Balaban J connectivity index is 2.20. The number of sulfonamides is 1. The van der Waals surface area contributed by atoms with Crippen LogP contribution in [0.3, 0.4) is 0 Å². The molecular formula is C17H20INO4S2. The SMILES string of the molecule is CCOC(=O)[C@H](C[C@H](I)c1cccs1)NS(=O)(=O)c1ccc(C)cc1. The van der Waals surface area contributed by atoms with E-state index in [9.17, 15) is 13.2 Å². The van der Waals surface area contributed by atoms with Gasteiger partial charge < -0.3 is 4.74 Å². The second-order valence-corrected chi connectivity index (χ2v) is 9.65. The molecule has 1 heterocycles. The van der Waals surface area contributed by atoms with Gasteiger partial charge in [0.15, 0.2) is 0 Å². The smallest absolute Gasteiger partial charge is 0.324 e. The van der Waals surface area contributed by atoms with Crippen LogP contribution in [0.2, 0.25) is 0 Å². The summed E-state index contributed by atoms with van der Waals surface area (Å²) in [5.74, 6) is -0.559. The second kappa shape index (κ2) is 9.11. The first-order chi connectivity index (χ1) is 11.8. The molecule has 0 saturated heterocycles. The Hall–Kier alpha value is -0.970. The third kappa shape index (κ3) is 5.77. The summed E-state index contributed by atoms with van der Waals surface area (Å²) in [6.07, 6.45) is 0.324. The monoisotopic (exact) mass is 493 g/mol. The molecule has 1 aromatic carbocycles. The minimum atomic E-state index is -3.80. The summed E-state index contributed by atoms with van der Waals surface area (Å²) in [7, 11) is -3.80. The fourth-order valence-corrected chi connectivity index (χ4v) is 5.27. The molecule has 0 bridgehead atoms. The van der Waals surface area contributed by atoms with Gasteiger partial charge in [-0.05, 0) is 43.8 Å². The van der Waals surface area contributed by atoms with Crippen molar-refractivity contribution < 1.29 is 17.9 Å². The van der Waals surface area contributed by atoms with Gasteiger partial charge in [0.1, 0.15) is 6.04 Å². The van der Waals surface area contributed by atoms with Crippen LogP contribution in [-0.2, 0) is 19.6 Å². The van der Waals surface area contributed by atoms with Crippen molar-refractivity contribution >= 4 is 49.9 Å². The van der Waals surface area contributed by atoms with Gasteiger partial charge in [-0.25, -0.2) is 8.42 Å². The lowest BCUT2D eigenvalue weighted by molar-refractivity contribution is -0.145. The van der Waals surface area contributed by atoms with Gasteiger partial charge in [-0.1, -0.05) is 46.4 Å². The number of halogens is 1. The highest BCUT2D eigenvalue weighted by Gasteiger charge is 2.29. The van der Waals surface area contributed by atoms with Crippen LogP contribution in [0, 0.1) is 6.92 Å². The molecule has 0 unspecified atom stereocenters. The number of thiophene rings is 1. The summed E-state index contributed by atoms with van der Waals surface area (Å²) >= 11 is 3.80. The van der Waals surface area contributed by atoms with Gasteiger partial charge in [-0.15, -0.1) is 11.3 Å². The Morgan fingerprint density at radius 3 is 2.52 bits per heavy atom. The third-order valence-corrected chi connectivity index (χ3v) is 7.57. The molecule has 2 rings (SSSR count). The van der Waals surface area contributed by atoms with Gasteiger partial charge in [-0.2, -0.15) is 4.72 Å². The molecule has 2 aromatic rings. The molecule has 8 heteroatoms. The number of carbonyl (C=O) groups is 1. The first-order valence-electron chi connectivity index (χ1n) is 7.76. The minimum Gasteiger partial charge on any atom is -0.465 e. The fraction of sp³-hybridized carbons (Fsp3) is 0.353. The number of aryl methyl sites for hydroxylation is 1. The molecule has 1 N–H and O–H groups in total. The van der Waals surface area contributed by atoms with Crippen LogP contribution >= 0.6 is 33.9 Å². The molecule has 25 heavy (non-hydrogen) atoms. The molecule has 2 atom stereocenters. The van der Waals surface area contributed by atoms with Gasteiger partial charge in [0.05, 0.1) is 11.5 Å². The summed E-state index contributed by atoms with van der Waals surface area (Å²) in [5.41, 5.74) is 0.964. The van der Waals surface area contributed by atoms with Crippen molar-refractivity contribution in [3.05, 3.63) is 52.2 Å².